The molecular formula is C10H12Cl2N2. The Labute approximate surface area is 93.6 Å². The van der Waals surface area contributed by atoms with Crippen molar-refractivity contribution in [2.75, 3.05) is 13.1 Å². The first-order chi connectivity index (χ1) is 6.77. The van der Waals surface area contributed by atoms with Gasteiger partial charge in [0.15, 0.2) is 0 Å². The zero-order valence-corrected chi connectivity index (χ0v) is 9.28. The summed E-state index contributed by atoms with van der Waals surface area (Å²) >= 11 is 11.9. The van der Waals surface area contributed by atoms with Gasteiger partial charge in [-0.05, 0) is 36.9 Å². The maximum atomic E-state index is 6.08. The number of rotatable bonds is 1. The van der Waals surface area contributed by atoms with Crippen molar-refractivity contribution in [3.05, 3.63) is 28.0 Å². The largest absolute Gasteiger partial charge is 0.316 e. The molecule has 0 radical (unpaired) electrons. The van der Waals surface area contributed by atoms with Crippen LogP contribution in [0, 0.1) is 0 Å². The van der Waals surface area contributed by atoms with Gasteiger partial charge in [-0.3, -0.25) is 0 Å². The Morgan fingerprint density at radius 2 is 2.29 bits per heavy atom. The van der Waals surface area contributed by atoms with E-state index in [1.54, 1.807) is 6.20 Å². The van der Waals surface area contributed by atoms with E-state index in [0.29, 0.717) is 11.1 Å². The molecule has 14 heavy (non-hydrogen) atoms. The van der Waals surface area contributed by atoms with Gasteiger partial charge in [0.1, 0.15) is 5.15 Å². The lowest BCUT2D eigenvalue weighted by molar-refractivity contribution is 0.461. The van der Waals surface area contributed by atoms with Gasteiger partial charge in [-0.15, -0.1) is 0 Å². The first-order valence-corrected chi connectivity index (χ1v) is 5.54. The summed E-state index contributed by atoms with van der Waals surface area (Å²) in [5, 5.41) is 4.61. The molecule has 1 atom stereocenters. The van der Waals surface area contributed by atoms with E-state index in [1.165, 1.54) is 12.8 Å². The molecule has 0 saturated carbocycles. The summed E-state index contributed by atoms with van der Waals surface area (Å²) < 4.78 is 0. The van der Waals surface area contributed by atoms with Crippen molar-refractivity contribution in [1.82, 2.24) is 10.3 Å². The summed E-state index contributed by atoms with van der Waals surface area (Å²) in [4.78, 5) is 3.95. The Hall–Kier alpha value is -0.310. The molecule has 0 spiro atoms. The van der Waals surface area contributed by atoms with Crippen LogP contribution in [0.4, 0.5) is 0 Å². The van der Waals surface area contributed by atoms with E-state index in [9.17, 15) is 0 Å². The van der Waals surface area contributed by atoms with Gasteiger partial charge in [0, 0.05) is 12.7 Å². The summed E-state index contributed by atoms with van der Waals surface area (Å²) in [6.45, 7) is 2.09. The van der Waals surface area contributed by atoms with Crippen LogP contribution >= 0.6 is 23.2 Å². The predicted molar refractivity (Wildman–Crippen MR) is 59.1 cm³/mol. The molecule has 2 nitrogen and oxygen atoms in total. The topological polar surface area (TPSA) is 24.9 Å². The Bertz CT molecular complexity index is 322. The second-order valence-corrected chi connectivity index (χ2v) is 4.37. The molecule has 1 unspecified atom stereocenters. The molecule has 1 aromatic heterocycles. The van der Waals surface area contributed by atoms with E-state index in [4.69, 9.17) is 23.2 Å². The summed E-state index contributed by atoms with van der Waals surface area (Å²) in [5.74, 6) is 0.483. The minimum Gasteiger partial charge on any atom is -0.316 e. The van der Waals surface area contributed by atoms with Crippen molar-refractivity contribution >= 4 is 23.2 Å². The third-order valence-corrected chi connectivity index (χ3v) is 3.11. The molecule has 0 amide bonds. The fourth-order valence-electron chi connectivity index (χ4n) is 1.86. The van der Waals surface area contributed by atoms with Crippen molar-refractivity contribution in [2.45, 2.75) is 18.8 Å². The van der Waals surface area contributed by atoms with E-state index in [2.05, 4.69) is 10.3 Å². The van der Waals surface area contributed by atoms with Gasteiger partial charge >= 0.3 is 0 Å². The van der Waals surface area contributed by atoms with Gasteiger partial charge in [-0.2, -0.15) is 0 Å². The number of pyridine rings is 1. The molecular weight excluding hydrogens is 219 g/mol. The monoisotopic (exact) mass is 230 g/mol. The van der Waals surface area contributed by atoms with E-state index in [0.717, 1.165) is 23.7 Å². The number of piperidine rings is 1. The van der Waals surface area contributed by atoms with Crippen LogP contribution < -0.4 is 5.32 Å². The molecule has 4 heteroatoms. The van der Waals surface area contributed by atoms with Crippen LogP contribution in [0.5, 0.6) is 0 Å². The highest BCUT2D eigenvalue weighted by atomic mass is 35.5. The van der Waals surface area contributed by atoms with Crippen LogP contribution in [0.2, 0.25) is 10.2 Å². The molecule has 2 heterocycles. The number of nitrogens with one attached hydrogen (secondary N) is 1. The molecule has 1 N–H and O–H groups in total. The van der Waals surface area contributed by atoms with Gasteiger partial charge in [0.05, 0.1) is 5.02 Å². The molecule has 1 aliphatic heterocycles. The lowest BCUT2D eigenvalue weighted by Gasteiger charge is -2.23. The van der Waals surface area contributed by atoms with Crippen molar-refractivity contribution < 1.29 is 0 Å². The summed E-state index contributed by atoms with van der Waals surface area (Å²) in [6, 6.07) is 1.88. The minimum absolute atomic E-state index is 0.483. The predicted octanol–water partition coefficient (Wildman–Crippen LogP) is 2.86. The van der Waals surface area contributed by atoms with Crippen molar-refractivity contribution in [2.24, 2.45) is 0 Å². The van der Waals surface area contributed by atoms with E-state index >= 15 is 0 Å². The summed E-state index contributed by atoms with van der Waals surface area (Å²) in [5.41, 5.74) is 1.12. The lowest BCUT2D eigenvalue weighted by atomic mass is 9.92. The van der Waals surface area contributed by atoms with Gasteiger partial charge in [0.25, 0.3) is 0 Å². The normalized spacial score (nSPS) is 22.3. The molecule has 76 valence electrons. The van der Waals surface area contributed by atoms with Crippen LogP contribution in [0.25, 0.3) is 0 Å². The van der Waals surface area contributed by atoms with Crippen LogP contribution in [0.15, 0.2) is 12.3 Å². The average Bonchev–Trinajstić information content (AvgIpc) is 2.23. The average molecular weight is 231 g/mol. The number of nitrogens with zero attached hydrogens (tertiary/aromatic N) is 1. The fourth-order valence-corrected chi connectivity index (χ4v) is 2.28. The Balaban J connectivity index is 2.24. The quantitative estimate of drug-likeness (QED) is 0.751. The highest BCUT2D eigenvalue weighted by Crippen LogP contribution is 2.30. The second kappa shape index (κ2) is 4.47. The number of hydrogen-bond acceptors (Lipinski definition) is 2. The third-order valence-electron chi connectivity index (χ3n) is 2.59. The highest BCUT2D eigenvalue weighted by molar-refractivity contribution is 6.32. The molecule has 0 bridgehead atoms. The molecule has 0 aromatic carbocycles. The van der Waals surface area contributed by atoms with E-state index < -0.39 is 0 Å². The number of hydrogen-bond donors (Lipinski definition) is 1. The fraction of sp³-hybridized carbons (Fsp3) is 0.500. The van der Waals surface area contributed by atoms with Gasteiger partial charge in [0.2, 0.25) is 0 Å². The third kappa shape index (κ3) is 2.19. The summed E-state index contributed by atoms with van der Waals surface area (Å²) in [7, 11) is 0. The Morgan fingerprint density at radius 1 is 1.43 bits per heavy atom. The zero-order chi connectivity index (χ0) is 9.97. The van der Waals surface area contributed by atoms with E-state index in [1.807, 2.05) is 6.07 Å². The molecule has 1 aromatic rings. The van der Waals surface area contributed by atoms with Crippen LogP contribution in [0.3, 0.4) is 0 Å². The van der Waals surface area contributed by atoms with Crippen LogP contribution in [-0.4, -0.2) is 18.1 Å². The van der Waals surface area contributed by atoms with Crippen molar-refractivity contribution in [3.8, 4) is 0 Å². The van der Waals surface area contributed by atoms with Crippen molar-refractivity contribution in [3.63, 3.8) is 0 Å². The smallest absolute Gasteiger partial charge is 0.129 e. The first kappa shape index (κ1) is 10.2. The van der Waals surface area contributed by atoms with Crippen molar-refractivity contribution in [1.29, 1.82) is 0 Å². The van der Waals surface area contributed by atoms with Gasteiger partial charge in [-0.25, -0.2) is 4.98 Å². The first-order valence-electron chi connectivity index (χ1n) is 4.79. The highest BCUT2D eigenvalue weighted by Gasteiger charge is 2.18. The molecule has 1 aliphatic rings. The Morgan fingerprint density at radius 3 is 3.00 bits per heavy atom. The van der Waals surface area contributed by atoms with Crippen LogP contribution in [0.1, 0.15) is 24.3 Å². The SMILES string of the molecule is Clc1cc(C2CCCNC2)c(Cl)cn1. The van der Waals surface area contributed by atoms with Gasteiger partial charge in [-0.1, -0.05) is 23.2 Å². The lowest BCUT2D eigenvalue weighted by Crippen LogP contribution is -2.28. The Kier molecular flexibility index (Phi) is 3.26. The molecule has 2 rings (SSSR count). The minimum atomic E-state index is 0.483. The van der Waals surface area contributed by atoms with Gasteiger partial charge < -0.3 is 5.32 Å². The second-order valence-electron chi connectivity index (χ2n) is 3.57. The maximum absolute atomic E-state index is 6.08. The zero-order valence-electron chi connectivity index (χ0n) is 7.76. The maximum Gasteiger partial charge on any atom is 0.129 e. The number of aromatic nitrogens is 1. The molecule has 1 fully saturated rings. The standard InChI is InChI=1S/C10H12Cl2N2/c11-9-6-14-10(12)4-8(9)7-2-1-3-13-5-7/h4,6-7,13H,1-3,5H2. The van der Waals surface area contributed by atoms with E-state index in [-0.39, 0.29) is 0 Å². The van der Waals surface area contributed by atoms with Crippen LogP contribution in [-0.2, 0) is 0 Å². The molecule has 0 aliphatic carbocycles. The number of halogens is 2. The summed E-state index contributed by atoms with van der Waals surface area (Å²) in [6.07, 6.45) is 4.00. The molecule has 1 saturated heterocycles.